The molecular weight excluding hydrogens is 254 g/mol. The first kappa shape index (κ1) is 14.7. The molecule has 20 heavy (non-hydrogen) atoms. The molecular formula is C16H23NO3. The van der Waals surface area contributed by atoms with Crippen LogP contribution in [0.15, 0.2) is 12.1 Å². The van der Waals surface area contributed by atoms with Gasteiger partial charge in [-0.1, -0.05) is 13.8 Å². The Morgan fingerprint density at radius 3 is 2.60 bits per heavy atom. The Balaban J connectivity index is 2.58. The van der Waals surface area contributed by atoms with Crippen molar-refractivity contribution in [1.82, 2.24) is 0 Å². The molecule has 1 heterocycles. The highest BCUT2D eigenvalue weighted by atomic mass is 16.5. The molecule has 0 N–H and O–H groups in total. The lowest BCUT2D eigenvalue weighted by Crippen LogP contribution is -2.50. The molecule has 0 aliphatic carbocycles. The molecule has 110 valence electrons. The summed E-state index contributed by atoms with van der Waals surface area (Å²) in [6.07, 6.45) is 1.02. The predicted octanol–water partition coefficient (Wildman–Crippen LogP) is 3.34. The van der Waals surface area contributed by atoms with Crippen LogP contribution in [-0.2, 0) is 4.79 Å². The largest absolute Gasteiger partial charge is 0.496 e. The van der Waals surface area contributed by atoms with E-state index < -0.39 is 5.60 Å². The number of nitrogens with zero attached hydrogens (tertiary/aromatic N) is 1. The number of ether oxygens (including phenoxy) is 2. The Hall–Kier alpha value is -1.71. The van der Waals surface area contributed by atoms with Gasteiger partial charge in [-0.05, 0) is 32.3 Å². The van der Waals surface area contributed by atoms with E-state index >= 15 is 0 Å². The van der Waals surface area contributed by atoms with Crippen molar-refractivity contribution >= 4 is 11.6 Å². The van der Waals surface area contributed by atoms with Crippen molar-refractivity contribution in [3.8, 4) is 11.5 Å². The molecule has 0 saturated heterocycles. The molecule has 0 bridgehead atoms. The highest BCUT2D eigenvalue weighted by molar-refractivity contribution is 6.02. The van der Waals surface area contributed by atoms with Crippen LogP contribution < -0.4 is 14.4 Å². The lowest BCUT2D eigenvalue weighted by molar-refractivity contribution is -0.132. The molecule has 0 spiro atoms. The molecule has 1 amide bonds. The van der Waals surface area contributed by atoms with Crippen molar-refractivity contribution in [2.45, 2.75) is 45.6 Å². The number of hydrogen-bond donors (Lipinski definition) is 0. The summed E-state index contributed by atoms with van der Waals surface area (Å²) in [5.74, 6) is 1.88. The van der Waals surface area contributed by atoms with Gasteiger partial charge in [-0.3, -0.25) is 4.79 Å². The number of carbonyl (C=O) groups is 1. The molecule has 1 atom stereocenters. The molecule has 0 saturated carbocycles. The van der Waals surface area contributed by atoms with Crippen molar-refractivity contribution in [3.63, 3.8) is 0 Å². The molecule has 4 nitrogen and oxygen atoms in total. The number of carbonyl (C=O) groups excluding carboxylic acids is 1. The van der Waals surface area contributed by atoms with Gasteiger partial charge < -0.3 is 14.4 Å². The topological polar surface area (TPSA) is 38.8 Å². The van der Waals surface area contributed by atoms with Crippen LogP contribution >= 0.6 is 0 Å². The van der Waals surface area contributed by atoms with Crippen molar-refractivity contribution in [1.29, 1.82) is 0 Å². The molecule has 0 radical (unpaired) electrons. The number of fused-ring (bicyclic) bond motifs is 1. The zero-order valence-corrected chi connectivity index (χ0v) is 13.1. The Morgan fingerprint density at radius 2 is 2.05 bits per heavy atom. The van der Waals surface area contributed by atoms with Crippen LogP contribution in [0.4, 0.5) is 5.69 Å². The van der Waals surface area contributed by atoms with Gasteiger partial charge >= 0.3 is 0 Å². The molecule has 1 aliphatic rings. The summed E-state index contributed by atoms with van der Waals surface area (Å²) in [4.78, 5) is 13.9. The summed E-state index contributed by atoms with van der Waals surface area (Å²) in [6.45, 7) is 7.89. The summed E-state index contributed by atoms with van der Waals surface area (Å²) in [5.41, 5.74) is 1.05. The van der Waals surface area contributed by atoms with Crippen LogP contribution in [0.1, 0.15) is 45.6 Å². The minimum atomic E-state index is -0.830. The minimum absolute atomic E-state index is 0.0525. The zero-order valence-electron chi connectivity index (χ0n) is 13.1. The van der Waals surface area contributed by atoms with Crippen LogP contribution in [-0.4, -0.2) is 25.7 Å². The molecule has 1 aromatic carbocycles. The number of amides is 1. The van der Waals surface area contributed by atoms with Gasteiger partial charge in [0.1, 0.15) is 11.5 Å². The van der Waals surface area contributed by atoms with Gasteiger partial charge in [-0.25, -0.2) is 0 Å². The standard InChI is InChI=1S/C16H23NO3/c1-7-10(2)11-8-14-12(9-13(11)19-6)17(5)15(18)16(3,4)20-14/h8-10H,7H2,1-6H3. The Kier molecular flexibility index (Phi) is 3.67. The van der Waals surface area contributed by atoms with E-state index in [1.165, 1.54) is 0 Å². The first-order valence-electron chi connectivity index (χ1n) is 7.01. The van der Waals surface area contributed by atoms with Gasteiger partial charge in [0.25, 0.3) is 5.91 Å². The Labute approximate surface area is 120 Å². The van der Waals surface area contributed by atoms with Gasteiger partial charge in [0.2, 0.25) is 0 Å². The van der Waals surface area contributed by atoms with Gasteiger partial charge in [-0.2, -0.15) is 0 Å². The van der Waals surface area contributed by atoms with Gasteiger partial charge in [0.05, 0.1) is 12.8 Å². The summed E-state index contributed by atoms with van der Waals surface area (Å²) in [5, 5.41) is 0. The van der Waals surface area contributed by atoms with Crippen molar-refractivity contribution in [3.05, 3.63) is 17.7 Å². The molecule has 0 aromatic heterocycles. The normalized spacial score (nSPS) is 18.3. The number of benzene rings is 1. The SMILES string of the molecule is CCC(C)c1cc2c(cc1OC)N(C)C(=O)C(C)(C)O2. The Bertz CT molecular complexity index is 537. The number of anilines is 1. The van der Waals surface area contributed by atoms with E-state index in [2.05, 4.69) is 13.8 Å². The van der Waals surface area contributed by atoms with Crippen LogP contribution in [0.5, 0.6) is 11.5 Å². The minimum Gasteiger partial charge on any atom is -0.496 e. The third-order valence-electron chi connectivity index (χ3n) is 4.00. The first-order valence-corrected chi connectivity index (χ1v) is 7.01. The van der Waals surface area contributed by atoms with Crippen molar-refractivity contribution in [2.24, 2.45) is 0 Å². The van der Waals surface area contributed by atoms with Gasteiger partial charge in [0, 0.05) is 18.7 Å². The predicted molar refractivity (Wildman–Crippen MR) is 79.8 cm³/mol. The zero-order chi connectivity index (χ0) is 15.1. The molecule has 1 aliphatic heterocycles. The fraction of sp³-hybridized carbons (Fsp3) is 0.562. The fourth-order valence-electron chi connectivity index (χ4n) is 2.52. The summed E-state index contributed by atoms with van der Waals surface area (Å²) in [7, 11) is 3.43. The fourth-order valence-corrected chi connectivity index (χ4v) is 2.52. The van der Waals surface area contributed by atoms with E-state index in [4.69, 9.17) is 9.47 Å². The second kappa shape index (κ2) is 5.00. The second-order valence-corrected chi connectivity index (χ2v) is 5.85. The third-order valence-corrected chi connectivity index (χ3v) is 4.00. The maximum atomic E-state index is 12.2. The van der Waals surface area contributed by atoms with Crippen molar-refractivity contribution in [2.75, 3.05) is 19.1 Å². The number of likely N-dealkylation sites (N-methyl/N-ethyl adjacent to an activating group) is 1. The highest BCUT2D eigenvalue weighted by Gasteiger charge is 2.39. The lowest BCUT2D eigenvalue weighted by atomic mass is 9.95. The molecule has 4 heteroatoms. The average molecular weight is 277 g/mol. The summed E-state index contributed by atoms with van der Waals surface area (Å²) in [6, 6.07) is 3.90. The van der Waals surface area contributed by atoms with Crippen LogP contribution in [0.25, 0.3) is 0 Å². The monoisotopic (exact) mass is 277 g/mol. The second-order valence-electron chi connectivity index (χ2n) is 5.85. The summed E-state index contributed by atoms with van der Waals surface area (Å²) < 4.78 is 11.4. The van der Waals surface area contributed by atoms with Crippen LogP contribution in [0.3, 0.4) is 0 Å². The van der Waals surface area contributed by atoms with E-state index in [1.54, 1.807) is 32.9 Å². The van der Waals surface area contributed by atoms with E-state index in [0.29, 0.717) is 5.92 Å². The molecule has 2 rings (SSSR count). The number of hydrogen-bond acceptors (Lipinski definition) is 3. The van der Waals surface area contributed by atoms with E-state index in [9.17, 15) is 4.79 Å². The average Bonchev–Trinajstić information content (AvgIpc) is 2.42. The molecule has 1 unspecified atom stereocenters. The number of rotatable bonds is 3. The quantitative estimate of drug-likeness (QED) is 0.850. The molecule has 1 aromatic rings. The maximum absolute atomic E-state index is 12.2. The third kappa shape index (κ3) is 2.23. The van der Waals surface area contributed by atoms with E-state index in [1.807, 2.05) is 12.1 Å². The molecule has 0 fully saturated rings. The van der Waals surface area contributed by atoms with Gasteiger partial charge in [-0.15, -0.1) is 0 Å². The number of methoxy groups -OCH3 is 1. The lowest BCUT2D eigenvalue weighted by Gasteiger charge is -2.37. The Morgan fingerprint density at radius 1 is 1.40 bits per heavy atom. The van der Waals surface area contributed by atoms with Gasteiger partial charge in [0.15, 0.2) is 5.60 Å². The van der Waals surface area contributed by atoms with Crippen molar-refractivity contribution < 1.29 is 14.3 Å². The smallest absolute Gasteiger partial charge is 0.270 e. The van der Waals surface area contributed by atoms with Crippen LogP contribution in [0, 0.1) is 0 Å². The van der Waals surface area contributed by atoms with Crippen LogP contribution in [0.2, 0.25) is 0 Å². The first-order chi connectivity index (χ1) is 9.31. The highest BCUT2D eigenvalue weighted by Crippen LogP contribution is 2.43. The van der Waals surface area contributed by atoms with E-state index in [0.717, 1.165) is 29.2 Å². The van der Waals surface area contributed by atoms with E-state index in [-0.39, 0.29) is 5.91 Å². The maximum Gasteiger partial charge on any atom is 0.270 e. The summed E-state index contributed by atoms with van der Waals surface area (Å²) >= 11 is 0.